The van der Waals surface area contributed by atoms with Crippen molar-refractivity contribution in [3.8, 4) is 22.6 Å². The van der Waals surface area contributed by atoms with E-state index < -0.39 is 16.8 Å². The van der Waals surface area contributed by atoms with Gasteiger partial charge in [0.1, 0.15) is 10.6 Å². The summed E-state index contributed by atoms with van der Waals surface area (Å²) in [4.78, 5) is 36.6. The summed E-state index contributed by atoms with van der Waals surface area (Å²) in [6, 6.07) is 12.8. The summed E-state index contributed by atoms with van der Waals surface area (Å²) < 4.78 is 16.0. The van der Waals surface area contributed by atoms with Crippen molar-refractivity contribution in [3.63, 3.8) is 0 Å². The van der Waals surface area contributed by atoms with Crippen molar-refractivity contribution in [2.45, 2.75) is 13.8 Å². The number of non-ortho nitro benzene ring substituents is 1. The number of nitrogens with one attached hydrogen (secondary N) is 1. The number of amides is 1. The summed E-state index contributed by atoms with van der Waals surface area (Å²) in [7, 11) is 1.50. The molecule has 172 valence electrons. The Morgan fingerprint density at radius 1 is 1.09 bits per heavy atom. The second-order valence-electron chi connectivity index (χ2n) is 6.75. The third kappa shape index (κ3) is 5.47. The van der Waals surface area contributed by atoms with Crippen LogP contribution < -0.4 is 14.8 Å². The van der Waals surface area contributed by atoms with E-state index in [-0.39, 0.29) is 24.5 Å². The second kappa shape index (κ2) is 10.6. The molecule has 0 saturated carbocycles. The van der Waals surface area contributed by atoms with Crippen LogP contribution in [0.5, 0.6) is 11.5 Å². The maximum absolute atomic E-state index is 12.8. The molecule has 0 atom stereocenters. The molecular formula is C23H22N2O7S. The van der Waals surface area contributed by atoms with Gasteiger partial charge < -0.3 is 19.5 Å². The molecule has 3 rings (SSSR count). The SMILES string of the molecule is CCOC(=O)c1c(NC(=O)COc2ccccc2OC)sc(C)c1-c1ccc([N+](=O)[O-])cc1. The predicted molar refractivity (Wildman–Crippen MR) is 124 cm³/mol. The van der Waals surface area contributed by atoms with E-state index in [2.05, 4.69) is 5.32 Å². The zero-order chi connectivity index (χ0) is 24.0. The molecule has 0 radical (unpaired) electrons. The molecule has 0 unspecified atom stereocenters. The number of methoxy groups -OCH3 is 1. The summed E-state index contributed by atoms with van der Waals surface area (Å²) in [5, 5.41) is 14.0. The summed E-state index contributed by atoms with van der Waals surface area (Å²) >= 11 is 1.21. The molecule has 0 aliphatic carbocycles. The first-order chi connectivity index (χ1) is 15.8. The van der Waals surface area contributed by atoms with Gasteiger partial charge in [0.05, 0.1) is 18.6 Å². The number of nitrogens with zero attached hydrogens (tertiary/aromatic N) is 1. The number of rotatable bonds is 9. The number of para-hydroxylation sites is 2. The van der Waals surface area contributed by atoms with Crippen LogP contribution in [0.15, 0.2) is 48.5 Å². The van der Waals surface area contributed by atoms with Gasteiger partial charge in [0.2, 0.25) is 0 Å². The van der Waals surface area contributed by atoms with E-state index in [0.717, 1.165) is 4.88 Å². The Morgan fingerprint density at radius 3 is 2.36 bits per heavy atom. The van der Waals surface area contributed by atoms with Crippen LogP contribution in [0.25, 0.3) is 11.1 Å². The first-order valence-corrected chi connectivity index (χ1v) is 10.8. The molecule has 1 amide bonds. The average Bonchev–Trinajstić information content (AvgIpc) is 3.13. The van der Waals surface area contributed by atoms with E-state index in [1.807, 2.05) is 0 Å². The topological polar surface area (TPSA) is 117 Å². The molecule has 2 aromatic carbocycles. The van der Waals surface area contributed by atoms with Crippen molar-refractivity contribution in [2.75, 3.05) is 25.6 Å². The largest absolute Gasteiger partial charge is 0.493 e. The Balaban J connectivity index is 1.88. The Kier molecular flexibility index (Phi) is 7.62. The van der Waals surface area contributed by atoms with Crippen LogP contribution in [0.2, 0.25) is 0 Å². The Morgan fingerprint density at radius 2 is 1.76 bits per heavy atom. The summed E-state index contributed by atoms with van der Waals surface area (Å²) in [6.07, 6.45) is 0. The van der Waals surface area contributed by atoms with E-state index in [1.54, 1.807) is 50.2 Å². The minimum absolute atomic E-state index is 0.0636. The van der Waals surface area contributed by atoms with E-state index in [9.17, 15) is 19.7 Å². The lowest BCUT2D eigenvalue weighted by atomic mass is 10.0. The minimum atomic E-state index is -0.601. The lowest BCUT2D eigenvalue weighted by Gasteiger charge is -2.11. The number of nitro groups is 1. The fourth-order valence-corrected chi connectivity index (χ4v) is 4.25. The van der Waals surface area contributed by atoms with Crippen molar-refractivity contribution in [3.05, 3.63) is 69.1 Å². The number of hydrogen-bond acceptors (Lipinski definition) is 8. The monoisotopic (exact) mass is 470 g/mol. The zero-order valence-corrected chi connectivity index (χ0v) is 19.1. The van der Waals surface area contributed by atoms with Crippen LogP contribution in [0.3, 0.4) is 0 Å². The highest BCUT2D eigenvalue weighted by molar-refractivity contribution is 7.17. The van der Waals surface area contributed by atoms with Gasteiger partial charge in [-0.2, -0.15) is 0 Å². The van der Waals surface area contributed by atoms with E-state index in [1.165, 1.54) is 30.6 Å². The Hall–Kier alpha value is -3.92. The minimum Gasteiger partial charge on any atom is -0.493 e. The van der Waals surface area contributed by atoms with E-state index >= 15 is 0 Å². The first-order valence-electron chi connectivity index (χ1n) is 9.96. The van der Waals surface area contributed by atoms with Gasteiger partial charge in [0, 0.05) is 22.6 Å². The number of anilines is 1. The van der Waals surface area contributed by atoms with Crippen LogP contribution in [0, 0.1) is 17.0 Å². The average molecular weight is 471 g/mol. The van der Waals surface area contributed by atoms with E-state index in [4.69, 9.17) is 14.2 Å². The number of benzene rings is 2. The van der Waals surface area contributed by atoms with Gasteiger partial charge >= 0.3 is 5.97 Å². The molecule has 33 heavy (non-hydrogen) atoms. The van der Waals surface area contributed by atoms with Crippen LogP contribution >= 0.6 is 11.3 Å². The van der Waals surface area contributed by atoms with Crippen molar-refractivity contribution in [1.29, 1.82) is 0 Å². The highest BCUT2D eigenvalue weighted by atomic mass is 32.1. The van der Waals surface area contributed by atoms with Gasteiger partial charge in [-0.25, -0.2) is 4.79 Å². The van der Waals surface area contributed by atoms with Crippen molar-refractivity contribution in [1.82, 2.24) is 0 Å². The van der Waals surface area contributed by atoms with Crippen LogP contribution in [-0.4, -0.2) is 37.1 Å². The molecule has 0 aliphatic heterocycles. The third-order valence-electron chi connectivity index (χ3n) is 4.61. The molecule has 1 aromatic heterocycles. The fourth-order valence-electron chi connectivity index (χ4n) is 3.17. The van der Waals surface area contributed by atoms with Crippen molar-refractivity contribution in [2.24, 2.45) is 0 Å². The number of ether oxygens (including phenoxy) is 3. The Labute approximate surface area is 194 Å². The molecule has 1 heterocycles. The zero-order valence-electron chi connectivity index (χ0n) is 18.2. The van der Waals surface area contributed by atoms with Gasteiger partial charge in [0.15, 0.2) is 18.1 Å². The van der Waals surface area contributed by atoms with Crippen LogP contribution in [0.4, 0.5) is 10.7 Å². The maximum Gasteiger partial charge on any atom is 0.341 e. The van der Waals surface area contributed by atoms with Gasteiger partial charge in [0.25, 0.3) is 11.6 Å². The van der Waals surface area contributed by atoms with Gasteiger partial charge in [-0.1, -0.05) is 12.1 Å². The number of thiophene rings is 1. The van der Waals surface area contributed by atoms with E-state index in [0.29, 0.717) is 27.6 Å². The predicted octanol–water partition coefficient (Wildman–Crippen LogP) is 4.83. The molecule has 0 saturated heterocycles. The molecule has 9 nitrogen and oxygen atoms in total. The lowest BCUT2D eigenvalue weighted by molar-refractivity contribution is -0.384. The fraction of sp³-hybridized carbons (Fsp3) is 0.217. The molecule has 0 bridgehead atoms. The molecular weight excluding hydrogens is 448 g/mol. The molecule has 1 N–H and O–H groups in total. The smallest absolute Gasteiger partial charge is 0.341 e. The van der Waals surface area contributed by atoms with Gasteiger partial charge in [-0.05, 0) is 43.7 Å². The molecule has 10 heteroatoms. The highest BCUT2D eigenvalue weighted by Crippen LogP contribution is 2.41. The Bertz CT molecular complexity index is 1170. The number of carbonyl (C=O) groups excluding carboxylic acids is 2. The number of hydrogen-bond donors (Lipinski definition) is 1. The standard InChI is InChI=1S/C23H22N2O7S/c1-4-31-23(27)21-20(15-9-11-16(12-10-15)25(28)29)14(2)33-22(21)24-19(26)13-32-18-8-6-5-7-17(18)30-3/h5-12H,4,13H2,1-3H3,(H,24,26). The van der Waals surface area contributed by atoms with Crippen molar-refractivity contribution >= 4 is 33.9 Å². The highest BCUT2D eigenvalue weighted by Gasteiger charge is 2.26. The summed E-state index contributed by atoms with van der Waals surface area (Å²) in [5.74, 6) is -0.168. The second-order valence-corrected chi connectivity index (χ2v) is 7.97. The summed E-state index contributed by atoms with van der Waals surface area (Å²) in [6.45, 7) is 3.33. The molecule has 0 fully saturated rings. The van der Waals surface area contributed by atoms with Crippen LogP contribution in [-0.2, 0) is 9.53 Å². The third-order valence-corrected chi connectivity index (χ3v) is 5.63. The quantitative estimate of drug-likeness (QED) is 0.270. The number of nitro benzene ring substituents is 1. The summed E-state index contributed by atoms with van der Waals surface area (Å²) in [5.41, 5.74) is 1.28. The normalized spacial score (nSPS) is 10.4. The number of esters is 1. The van der Waals surface area contributed by atoms with Crippen molar-refractivity contribution < 1.29 is 28.7 Å². The molecule has 3 aromatic rings. The van der Waals surface area contributed by atoms with Crippen LogP contribution in [0.1, 0.15) is 22.2 Å². The maximum atomic E-state index is 12.8. The number of aryl methyl sites for hydroxylation is 1. The number of carbonyl (C=O) groups is 2. The molecule has 0 aliphatic rings. The van der Waals surface area contributed by atoms with Gasteiger partial charge in [-0.15, -0.1) is 11.3 Å². The molecule has 0 spiro atoms. The first kappa shape index (κ1) is 23.7. The lowest BCUT2D eigenvalue weighted by Crippen LogP contribution is -2.21. The van der Waals surface area contributed by atoms with Gasteiger partial charge in [-0.3, -0.25) is 14.9 Å².